The Balaban J connectivity index is 2.72. The number of aromatic nitrogens is 2. The number of hydrogen-bond donors (Lipinski definition) is 1. The lowest BCUT2D eigenvalue weighted by atomic mass is 10.0. The first-order valence-corrected chi connectivity index (χ1v) is 5.26. The zero-order valence-corrected chi connectivity index (χ0v) is 9.80. The average molecular weight is 256 g/mol. The van der Waals surface area contributed by atoms with Crippen LogP contribution in [0.3, 0.4) is 0 Å². The molecule has 0 radical (unpaired) electrons. The molecule has 96 valence electrons. The largest absolute Gasteiger partial charge is 0.300 e. The SMILES string of the molecule is Cc1[nH]n(C)c(=O)c1-c1cccc(C(F)F)c1F. The standard InChI is InChI=1S/C12H11F3N2O/c1-6-9(12(18)17(2)16-6)7-4-3-5-8(10(7)13)11(14)15/h3-5,11,16H,1-2H3. The Bertz CT molecular complexity index is 643. The molecule has 0 bridgehead atoms. The highest BCUT2D eigenvalue weighted by molar-refractivity contribution is 5.66. The van der Waals surface area contributed by atoms with Gasteiger partial charge in [-0.25, -0.2) is 13.2 Å². The van der Waals surface area contributed by atoms with Gasteiger partial charge in [0, 0.05) is 18.3 Å². The summed E-state index contributed by atoms with van der Waals surface area (Å²) in [6, 6.07) is 3.64. The van der Waals surface area contributed by atoms with E-state index in [1.165, 1.54) is 23.9 Å². The first-order valence-electron chi connectivity index (χ1n) is 5.26. The molecule has 1 aromatic heterocycles. The molecular formula is C12H11F3N2O. The van der Waals surface area contributed by atoms with E-state index < -0.39 is 23.4 Å². The summed E-state index contributed by atoms with van der Waals surface area (Å²) in [5.41, 5.74) is -0.731. The minimum atomic E-state index is -2.91. The van der Waals surface area contributed by atoms with Crippen LogP contribution >= 0.6 is 0 Å². The average Bonchev–Trinajstić information content (AvgIpc) is 2.54. The van der Waals surface area contributed by atoms with Crippen molar-refractivity contribution in [1.29, 1.82) is 0 Å². The molecule has 2 rings (SSSR count). The number of halogens is 3. The molecule has 0 aliphatic heterocycles. The highest BCUT2D eigenvalue weighted by atomic mass is 19.3. The zero-order valence-electron chi connectivity index (χ0n) is 9.80. The van der Waals surface area contributed by atoms with E-state index in [0.29, 0.717) is 5.69 Å². The Morgan fingerprint density at radius 2 is 2.00 bits per heavy atom. The number of aryl methyl sites for hydroxylation is 2. The predicted octanol–water partition coefficient (Wildman–Crippen LogP) is 2.77. The monoisotopic (exact) mass is 256 g/mol. The third kappa shape index (κ3) is 1.83. The van der Waals surface area contributed by atoms with Crippen LogP contribution in [0, 0.1) is 12.7 Å². The smallest absolute Gasteiger partial charge is 0.274 e. The summed E-state index contributed by atoms with van der Waals surface area (Å²) < 4.78 is 40.3. The molecule has 0 aliphatic carbocycles. The van der Waals surface area contributed by atoms with Crippen molar-refractivity contribution in [3.8, 4) is 11.1 Å². The maximum atomic E-state index is 13.9. The van der Waals surface area contributed by atoms with Crippen molar-refractivity contribution in [2.24, 2.45) is 7.05 Å². The van der Waals surface area contributed by atoms with Gasteiger partial charge in [-0.15, -0.1) is 0 Å². The van der Waals surface area contributed by atoms with Crippen molar-refractivity contribution in [2.45, 2.75) is 13.3 Å². The Kier molecular flexibility index (Phi) is 3.02. The molecule has 6 heteroatoms. The van der Waals surface area contributed by atoms with Crippen LogP contribution in [0.5, 0.6) is 0 Å². The van der Waals surface area contributed by atoms with Gasteiger partial charge in [-0.2, -0.15) is 0 Å². The molecule has 0 spiro atoms. The first-order chi connectivity index (χ1) is 8.43. The lowest BCUT2D eigenvalue weighted by molar-refractivity contribution is 0.146. The van der Waals surface area contributed by atoms with Crippen molar-refractivity contribution >= 4 is 0 Å². The normalized spacial score (nSPS) is 11.2. The number of aromatic amines is 1. The quantitative estimate of drug-likeness (QED) is 0.881. The van der Waals surface area contributed by atoms with Gasteiger partial charge in [0.15, 0.2) is 0 Å². The summed E-state index contributed by atoms with van der Waals surface area (Å²) in [4.78, 5) is 11.8. The molecule has 0 unspecified atom stereocenters. The highest BCUT2D eigenvalue weighted by Gasteiger charge is 2.21. The van der Waals surface area contributed by atoms with Crippen LogP contribution in [-0.2, 0) is 7.05 Å². The molecule has 1 aromatic carbocycles. The van der Waals surface area contributed by atoms with E-state index >= 15 is 0 Å². The minimum Gasteiger partial charge on any atom is -0.300 e. The van der Waals surface area contributed by atoms with Crippen LogP contribution in [0.25, 0.3) is 11.1 Å². The highest BCUT2D eigenvalue weighted by Crippen LogP contribution is 2.29. The lowest BCUT2D eigenvalue weighted by Crippen LogP contribution is -2.13. The summed E-state index contributed by atoms with van der Waals surface area (Å²) >= 11 is 0. The van der Waals surface area contributed by atoms with Crippen LogP contribution in [0.4, 0.5) is 13.2 Å². The Morgan fingerprint density at radius 3 is 2.50 bits per heavy atom. The number of benzene rings is 1. The summed E-state index contributed by atoms with van der Waals surface area (Å²) in [5, 5.41) is 2.70. The molecule has 0 aliphatic rings. The predicted molar refractivity (Wildman–Crippen MR) is 61.1 cm³/mol. The number of alkyl halides is 2. The van der Waals surface area contributed by atoms with Crippen LogP contribution in [0.15, 0.2) is 23.0 Å². The van der Waals surface area contributed by atoms with Gasteiger partial charge in [-0.3, -0.25) is 14.6 Å². The topological polar surface area (TPSA) is 37.8 Å². The third-order valence-corrected chi connectivity index (χ3v) is 2.76. The number of hydrogen-bond acceptors (Lipinski definition) is 1. The van der Waals surface area contributed by atoms with Crippen molar-refractivity contribution in [3.05, 3.63) is 45.6 Å². The Labute approximate surface area is 101 Å². The maximum absolute atomic E-state index is 13.9. The molecule has 0 fully saturated rings. The van der Waals surface area contributed by atoms with Crippen LogP contribution in [0.2, 0.25) is 0 Å². The van der Waals surface area contributed by atoms with E-state index in [4.69, 9.17) is 0 Å². The van der Waals surface area contributed by atoms with Gasteiger partial charge in [0.1, 0.15) is 5.82 Å². The lowest BCUT2D eigenvalue weighted by Gasteiger charge is -2.06. The molecular weight excluding hydrogens is 245 g/mol. The van der Waals surface area contributed by atoms with Gasteiger partial charge >= 0.3 is 0 Å². The maximum Gasteiger partial charge on any atom is 0.274 e. The van der Waals surface area contributed by atoms with E-state index in [1.807, 2.05) is 0 Å². The fourth-order valence-electron chi connectivity index (χ4n) is 1.91. The summed E-state index contributed by atoms with van der Waals surface area (Å²) in [6.45, 7) is 1.59. The van der Waals surface area contributed by atoms with Crippen molar-refractivity contribution in [2.75, 3.05) is 0 Å². The fraction of sp³-hybridized carbons (Fsp3) is 0.250. The second-order valence-corrected chi connectivity index (χ2v) is 3.99. The second kappa shape index (κ2) is 4.36. The van der Waals surface area contributed by atoms with E-state index in [2.05, 4.69) is 5.10 Å². The Morgan fingerprint density at radius 1 is 1.33 bits per heavy atom. The summed E-state index contributed by atoms with van der Waals surface area (Å²) in [6.07, 6.45) is -2.91. The van der Waals surface area contributed by atoms with Gasteiger partial charge < -0.3 is 0 Å². The molecule has 0 amide bonds. The first kappa shape index (κ1) is 12.5. The number of nitrogens with zero attached hydrogens (tertiary/aromatic N) is 1. The third-order valence-electron chi connectivity index (χ3n) is 2.76. The molecule has 1 heterocycles. The molecule has 0 saturated heterocycles. The molecule has 0 saturated carbocycles. The van der Waals surface area contributed by atoms with Crippen LogP contribution in [-0.4, -0.2) is 9.78 Å². The number of H-pyrrole nitrogens is 1. The fourth-order valence-corrected chi connectivity index (χ4v) is 1.91. The van der Waals surface area contributed by atoms with E-state index in [-0.39, 0.29) is 11.1 Å². The Hall–Kier alpha value is -1.98. The van der Waals surface area contributed by atoms with Crippen LogP contribution in [0.1, 0.15) is 17.7 Å². The van der Waals surface area contributed by atoms with Gasteiger partial charge in [0.05, 0.1) is 11.1 Å². The zero-order chi connectivity index (χ0) is 13.4. The molecule has 1 N–H and O–H groups in total. The van der Waals surface area contributed by atoms with Crippen molar-refractivity contribution in [3.63, 3.8) is 0 Å². The van der Waals surface area contributed by atoms with Gasteiger partial charge in [-0.05, 0) is 6.92 Å². The number of nitrogens with one attached hydrogen (secondary N) is 1. The second-order valence-electron chi connectivity index (χ2n) is 3.99. The van der Waals surface area contributed by atoms with E-state index in [0.717, 1.165) is 6.07 Å². The van der Waals surface area contributed by atoms with Crippen molar-refractivity contribution in [1.82, 2.24) is 9.78 Å². The van der Waals surface area contributed by atoms with E-state index in [1.54, 1.807) is 6.92 Å². The van der Waals surface area contributed by atoms with Crippen LogP contribution < -0.4 is 5.56 Å². The molecule has 2 aromatic rings. The molecule has 3 nitrogen and oxygen atoms in total. The number of rotatable bonds is 2. The summed E-state index contributed by atoms with van der Waals surface area (Å²) in [7, 11) is 1.48. The van der Waals surface area contributed by atoms with Gasteiger partial charge in [0.25, 0.3) is 12.0 Å². The molecule has 18 heavy (non-hydrogen) atoms. The van der Waals surface area contributed by atoms with E-state index in [9.17, 15) is 18.0 Å². The van der Waals surface area contributed by atoms with Crippen molar-refractivity contribution < 1.29 is 13.2 Å². The summed E-state index contributed by atoms with van der Waals surface area (Å²) in [5.74, 6) is -1.05. The van der Waals surface area contributed by atoms with Gasteiger partial charge in [0.2, 0.25) is 0 Å². The molecule has 0 atom stereocenters. The minimum absolute atomic E-state index is 0.0810. The van der Waals surface area contributed by atoms with Gasteiger partial charge in [-0.1, -0.05) is 18.2 Å².